The molecular formula is C14H11FN2S. The second-order valence-electron chi connectivity index (χ2n) is 4.62. The minimum Gasteiger partial charge on any atom is -0.320 e. The number of para-hydroxylation sites is 1. The van der Waals surface area contributed by atoms with Crippen molar-refractivity contribution in [3.8, 4) is 10.7 Å². The first-order chi connectivity index (χ1) is 8.84. The summed E-state index contributed by atoms with van der Waals surface area (Å²) in [5.74, 6) is 0.678. The number of thiophene rings is 1. The summed E-state index contributed by atoms with van der Waals surface area (Å²) < 4.78 is 16.0. The first kappa shape index (κ1) is 10.3. The monoisotopic (exact) mass is 258 g/mol. The fraction of sp³-hybridized carbons (Fsp3) is 0.214. The third-order valence-electron chi connectivity index (χ3n) is 3.32. The molecule has 18 heavy (non-hydrogen) atoms. The van der Waals surface area contributed by atoms with E-state index in [-0.39, 0.29) is 5.82 Å². The molecule has 0 saturated heterocycles. The lowest BCUT2D eigenvalue weighted by Crippen LogP contribution is -1.95. The van der Waals surface area contributed by atoms with Crippen LogP contribution >= 0.6 is 11.3 Å². The summed E-state index contributed by atoms with van der Waals surface area (Å²) in [5.41, 5.74) is 1.41. The Bertz CT molecular complexity index is 711. The zero-order chi connectivity index (χ0) is 12.1. The van der Waals surface area contributed by atoms with Crippen LogP contribution in [0, 0.1) is 5.82 Å². The predicted octanol–water partition coefficient (Wildman–Crippen LogP) is 4.24. The molecule has 1 aliphatic rings. The molecule has 3 aromatic rings. The van der Waals surface area contributed by atoms with Gasteiger partial charge in [-0.05, 0) is 36.4 Å². The lowest BCUT2D eigenvalue weighted by Gasteiger charge is -2.05. The molecule has 4 heteroatoms. The molecule has 4 rings (SSSR count). The maximum Gasteiger partial charge on any atom is 0.151 e. The number of benzene rings is 1. The van der Waals surface area contributed by atoms with Crippen molar-refractivity contribution in [3.05, 3.63) is 41.5 Å². The van der Waals surface area contributed by atoms with Gasteiger partial charge in [0, 0.05) is 6.04 Å². The van der Waals surface area contributed by atoms with Gasteiger partial charge in [0.25, 0.3) is 0 Å². The number of fused-ring (bicyclic) bond motifs is 1. The van der Waals surface area contributed by atoms with Gasteiger partial charge >= 0.3 is 0 Å². The van der Waals surface area contributed by atoms with Crippen molar-refractivity contribution < 1.29 is 4.39 Å². The highest BCUT2D eigenvalue weighted by Crippen LogP contribution is 2.42. The van der Waals surface area contributed by atoms with E-state index in [1.54, 1.807) is 17.4 Å². The standard InChI is InChI=1S/C14H11FN2S/c15-10-3-1-4-11-13(10)16-14(12-5-2-8-18-12)17(11)9-6-7-9/h1-5,8-9H,6-7H2. The Kier molecular flexibility index (Phi) is 2.08. The van der Waals surface area contributed by atoms with Crippen LogP contribution in [-0.4, -0.2) is 9.55 Å². The van der Waals surface area contributed by atoms with Crippen molar-refractivity contribution >= 4 is 22.4 Å². The third kappa shape index (κ3) is 1.42. The van der Waals surface area contributed by atoms with E-state index in [1.165, 1.54) is 18.9 Å². The number of imidazole rings is 1. The lowest BCUT2D eigenvalue weighted by molar-refractivity contribution is 0.637. The van der Waals surface area contributed by atoms with Crippen LogP contribution in [0.3, 0.4) is 0 Å². The summed E-state index contributed by atoms with van der Waals surface area (Å²) >= 11 is 1.65. The van der Waals surface area contributed by atoms with Crippen molar-refractivity contribution in [2.24, 2.45) is 0 Å². The van der Waals surface area contributed by atoms with Crippen LogP contribution < -0.4 is 0 Å². The number of hydrogen-bond donors (Lipinski definition) is 0. The molecule has 1 saturated carbocycles. The molecule has 0 unspecified atom stereocenters. The van der Waals surface area contributed by atoms with Crippen LogP contribution in [0.25, 0.3) is 21.7 Å². The minimum atomic E-state index is -0.232. The van der Waals surface area contributed by atoms with E-state index in [9.17, 15) is 4.39 Å². The van der Waals surface area contributed by atoms with E-state index in [0.717, 1.165) is 16.2 Å². The van der Waals surface area contributed by atoms with Crippen molar-refractivity contribution in [1.29, 1.82) is 0 Å². The van der Waals surface area contributed by atoms with Gasteiger partial charge in [-0.3, -0.25) is 0 Å². The maximum absolute atomic E-state index is 13.8. The Morgan fingerprint density at radius 1 is 1.22 bits per heavy atom. The van der Waals surface area contributed by atoms with E-state index in [4.69, 9.17) is 0 Å². The number of halogens is 1. The second-order valence-corrected chi connectivity index (χ2v) is 5.57. The van der Waals surface area contributed by atoms with E-state index in [0.29, 0.717) is 11.6 Å². The number of rotatable bonds is 2. The van der Waals surface area contributed by atoms with Crippen molar-refractivity contribution in [2.45, 2.75) is 18.9 Å². The van der Waals surface area contributed by atoms with Crippen LogP contribution in [0.5, 0.6) is 0 Å². The van der Waals surface area contributed by atoms with E-state index in [1.807, 2.05) is 23.6 Å². The molecule has 2 heterocycles. The minimum absolute atomic E-state index is 0.232. The third-order valence-corrected chi connectivity index (χ3v) is 4.19. The van der Waals surface area contributed by atoms with Gasteiger partial charge in [-0.1, -0.05) is 12.1 Å². The molecule has 90 valence electrons. The van der Waals surface area contributed by atoms with Gasteiger partial charge in [0.1, 0.15) is 5.52 Å². The number of hydrogen-bond acceptors (Lipinski definition) is 2. The molecule has 0 radical (unpaired) electrons. The van der Waals surface area contributed by atoms with Gasteiger partial charge in [-0.2, -0.15) is 0 Å². The van der Waals surface area contributed by atoms with E-state index < -0.39 is 0 Å². The highest BCUT2D eigenvalue weighted by atomic mass is 32.1. The summed E-state index contributed by atoms with van der Waals surface area (Å²) in [6, 6.07) is 9.74. The number of aromatic nitrogens is 2. The molecule has 1 fully saturated rings. The second kappa shape index (κ2) is 3.65. The summed E-state index contributed by atoms with van der Waals surface area (Å²) in [6.45, 7) is 0. The van der Waals surface area contributed by atoms with Gasteiger partial charge in [0.15, 0.2) is 11.6 Å². The van der Waals surface area contributed by atoms with Gasteiger partial charge in [0.05, 0.1) is 10.4 Å². The Morgan fingerprint density at radius 3 is 2.83 bits per heavy atom. The van der Waals surface area contributed by atoms with Crippen molar-refractivity contribution in [3.63, 3.8) is 0 Å². The fourth-order valence-electron chi connectivity index (χ4n) is 2.36. The SMILES string of the molecule is Fc1cccc2c1nc(-c1cccs1)n2C1CC1. The number of nitrogens with zero attached hydrogens (tertiary/aromatic N) is 2. The Labute approximate surface area is 108 Å². The van der Waals surface area contributed by atoms with Gasteiger partial charge in [0.2, 0.25) is 0 Å². The quantitative estimate of drug-likeness (QED) is 0.672. The average Bonchev–Trinajstić information content (AvgIpc) is 2.93. The first-order valence-electron chi connectivity index (χ1n) is 6.05. The average molecular weight is 258 g/mol. The Balaban J connectivity index is 2.07. The highest BCUT2D eigenvalue weighted by molar-refractivity contribution is 7.13. The summed E-state index contributed by atoms with van der Waals surface area (Å²) in [6.07, 6.45) is 2.33. The molecule has 2 nitrogen and oxygen atoms in total. The summed E-state index contributed by atoms with van der Waals surface area (Å²) in [7, 11) is 0. The van der Waals surface area contributed by atoms with Crippen LogP contribution in [0.1, 0.15) is 18.9 Å². The zero-order valence-corrected chi connectivity index (χ0v) is 10.5. The van der Waals surface area contributed by atoms with Crippen LogP contribution in [-0.2, 0) is 0 Å². The molecule has 0 atom stereocenters. The fourth-order valence-corrected chi connectivity index (χ4v) is 3.08. The van der Waals surface area contributed by atoms with Crippen LogP contribution in [0.15, 0.2) is 35.7 Å². The molecule has 0 N–H and O–H groups in total. The van der Waals surface area contributed by atoms with E-state index in [2.05, 4.69) is 9.55 Å². The maximum atomic E-state index is 13.8. The topological polar surface area (TPSA) is 17.8 Å². The largest absolute Gasteiger partial charge is 0.320 e. The van der Waals surface area contributed by atoms with Crippen molar-refractivity contribution in [1.82, 2.24) is 9.55 Å². The molecule has 1 aromatic carbocycles. The molecule has 0 amide bonds. The van der Waals surface area contributed by atoms with Crippen molar-refractivity contribution in [2.75, 3.05) is 0 Å². The molecule has 0 bridgehead atoms. The molecule has 1 aliphatic carbocycles. The van der Waals surface area contributed by atoms with Gasteiger partial charge in [-0.15, -0.1) is 11.3 Å². The first-order valence-corrected chi connectivity index (χ1v) is 6.93. The highest BCUT2D eigenvalue weighted by Gasteiger charge is 2.29. The normalized spacial score (nSPS) is 15.4. The molecule has 2 aromatic heterocycles. The molecule has 0 spiro atoms. The van der Waals surface area contributed by atoms with Crippen LogP contribution in [0.4, 0.5) is 4.39 Å². The molecular weight excluding hydrogens is 247 g/mol. The smallest absolute Gasteiger partial charge is 0.151 e. The zero-order valence-electron chi connectivity index (χ0n) is 9.64. The lowest BCUT2D eigenvalue weighted by atomic mass is 10.3. The summed E-state index contributed by atoms with van der Waals surface area (Å²) in [5, 5.41) is 2.03. The van der Waals surface area contributed by atoms with Crippen LogP contribution in [0.2, 0.25) is 0 Å². The van der Waals surface area contributed by atoms with Gasteiger partial charge < -0.3 is 4.57 Å². The van der Waals surface area contributed by atoms with E-state index >= 15 is 0 Å². The summed E-state index contributed by atoms with van der Waals surface area (Å²) in [4.78, 5) is 5.62. The molecule has 0 aliphatic heterocycles. The Hall–Kier alpha value is -1.68. The predicted molar refractivity (Wildman–Crippen MR) is 71.3 cm³/mol. The van der Waals surface area contributed by atoms with Gasteiger partial charge in [-0.25, -0.2) is 9.37 Å². The Morgan fingerprint density at radius 2 is 2.11 bits per heavy atom.